The molecule has 0 saturated heterocycles. The molecular weight excluding hydrogens is 272 g/mol. The third-order valence-corrected chi connectivity index (χ3v) is 5.67. The second-order valence-corrected chi connectivity index (χ2v) is 6.98. The molecule has 1 unspecified atom stereocenters. The molecule has 0 radical (unpaired) electrons. The molecule has 1 aromatic carbocycles. The lowest BCUT2D eigenvalue weighted by molar-refractivity contribution is -0.0835. The van der Waals surface area contributed by atoms with E-state index in [9.17, 15) is 5.11 Å². The van der Waals surface area contributed by atoms with Crippen LogP contribution in [0.2, 0.25) is 0 Å². The second-order valence-electron chi connectivity index (χ2n) is 6.98. The van der Waals surface area contributed by atoms with Gasteiger partial charge in [0.2, 0.25) is 0 Å². The Labute approximate surface area is 131 Å². The Morgan fingerprint density at radius 1 is 1.09 bits per heavy atom. The average Bonchev–Trinajstić information content (AvgIpc) is 2.55. The fourth-order valence-corrected chi connectivity index (χ4v) is 4.47. The molecule has 116 valence electrons. The number of nitrogens with one attached hydrogen (secondary N) is 1. The predicted octanol–water partition coefficient (Wildman–Crippen LogP) is 4.12. The highest BCUT2D eigenvalue weighted by atomic mass is 16.3. The van der Waals surface area contributed by atoms with Gasteiger partial charge in [0.15, 0.2) is 0 Å². The van der Waals surface area contributed by atoms with Crippen LogP contribution < -0.4 is 5.32 Å². The van der Waals surface area contributed by atoms with Gasteiger partial charge in [-0.15, -0.1) is 0 Å². The fraction of sp³-hybridized carbons (Fsp3) is 0.526. The first kappa shape index (κ1) is 14.0. The van der Waals surface area contributed by atoms with Gasteiger partial charge in [0, 0.05) is 5.39 Å². The van der Waals surface area contributed by atoms with Crippen molar-refractivity contribution in [3.05, 3.63) is 36.5 Å². The molecule has 0 bridgehead atoms. The van der Waals surface area contributed by atoms with Gasteiger partial charge in [0.1, 0.15) is 0 Å². The minimum atomic E-state index is -0.526. The van der Waals surface area contributed by atoms with E-state index < -0.39 is 5.60 Å². The predicted molar refractivity (Wildman–Crippen MR) is 89.9 cm³/mol. The molecule has 0 amide bonds. The zero-order valence-electron chi connectivity index (χ0n) is 13.0. The number of hydrogen-bond acceptors (Lipinski definition) is 3. The van der Waals surface area contributed by atoms with Gasteiger partial charge >= 0.3 is 0 Å². The lowest BCUT2D eigenvalue weighted by atomic mass is 9.65. The number of pyridine rings is 1. The van der Waals surface area contributed by atoms with E-state index in [4.69, 9.17) is 0 Å². The van der Waals surface area contributed by atoms with E-state index >= 15 is 0 Å². The first-order chi connectivity index (χ1) is 10.8. The van der Waals surface area contributed by atoms with Gasteiger partial charge in [-0.2, -0.15) is 0 Å². The van der Waals surface area contributed by atoms with Crippen molar-refractivity contribution in [2.45, 2.75) is 56.6 Å². The summed E-state index contributed by atoms with van der Waals surface area (Å²) in [6, 6.07) is 10.5. The van der Waals surface area contributed by atoms with Gasteiger partial charge in [-0.25, -0.2) is 0 Å². The Bertz CT molecular complexity index is 669. The zero-order chi connectivity index (χ0) is 15.0. The van der Waals surface area contributed by atoms with Crippen molar-refractivity contribution in [2.75, 3.05) is 5.32 Å². The minimum Gasteiger partial charge on any atom is -0.387 e. The van der Waals surface area contributed by atoms with E-state index in [1.165, 1.54) is 25.7 Å². The standard InChI is InChI=1S/C19H24N2O/c22-19-11-4-3-7-15(19)8-5-10-18(19)21-16-12-14-6-1-2-9-17(14)20-13-16/h1-2,6,9,12-13,15,18,21-22H,3-5,7-8,10-11H2/t15-,18-,19?/m1/s1. The third kappa shape index (κ3) is 2.38. The van der Waals surface area contributed by atoms with E-state index in [-0.39, 0.29) is 6.04 Å². The molecule has 2 saturated carbocycles. The molecule has 3 nitrogen and oxygen atoms in total. The van der Waals surface area contributed by atoms with E-state index in [1.54, 1.807) is 0 Å². The van der Waals surface area contributed by atoms with Crippen LogP contribution in [-0.4, -0.2) is 21.7 Å². The molecule has 4 rings (SSSR count). The second kappa shape index (κ2) is 5.54. The van der Waals surface area contributed by atoms with Gasteiger partial charge in [-0.1, -0.05) is 37.5 Å². The molecule has 22 heavy (non-hydrogen) atoms. The summed E-state index contributed by atoms with van der Waals surface area (Å²) in [5.74, 6) is 0.473. The van der Waals surface area contributed by atoms with Gasteiger partial charge in [-0.05, 0) is 43.7 Å². The molecule has 2 fully saturated rings. The topological polar surface area (TPSA) is 45.1 Å². The molecule has 1 aromatic heterocycles. The molecule has 2 aliphatic rings. The molecule has 1 heterocycles. The molecule has 2 aliphatic carbocycles. The summed E-state index contributed by atoms with van der Waals surface area (Å²) >= 11 is 0. The van der Waals surface area contributed by atoms with E-state index in [1.807, 2.05) is 24.4 Å². The molecular formula is C19H24N2O. The van der Waals surface area contributed by atoms with Crippen molar-refractivity contribution >= 4 is 16.6 Å². The number of para-hydroxylation sites is 1. The Morgan fingerprint density at radius 2 is 1.95 bits per heavy atom. The van der Waals surface area contributed by atoms with Crippen molar-refractivity contribution in [1.82, 2.24) is 4.98 Å². The highest BCUT2D eigenvalue weighted by molar-refractivity contribution is 5.81. The summed E-state index contributed by atoms with van der Waals surface area (Å²) in [6.45, 7) is 0. The first-order valence-corrected chi connectivity index (χ1v) is 8.59. The van der Waals surface area contributed by atoms with Crippen LogP contribution in [-0.2, 0) is 0 Å². The Kier molecular flexibility index (Phi) is 3.53. The lowest BCUT2D eigenvalue weighted by Crippen LogP contribution is -2.56. The van der Waals surface area contributed by atoms with Crippen LogP contribution in [0, 0.1) is 5.92 Å². The van der Waals surface area contributed by atoms with Crippen LogP contribution >= 0.6 is 0 Å². The van der Waals surface area contributed by atoms with E-state index in [0.717, 1.165) is 35.9 Å². The van der Waals surface area contributed by atoms with Crippen LogP contribution in [0.5, 0.6) is 0 Å². The van der Waals surface area contributed by atoms with Crippen molar-refractivity contribution in [2.24, 2.45) is 5.92 Å². The van der Waals surface area contributed by atoms with Crippen LogP contribution in [0.3, 0.4) is 0 Å². The maximum atomic E-state index is 11.2. The Hall–Kier alpha value is -1.61. The summed E-state index contributed by atoms with van der Waals surface area (Å²) in [4.78, 5) is 4.53. The van der Waals surface area contributed by atoms with Crippen molar-refractivity contribution in [3.8, 4) is 0 Å². The lowest BCUT2D eigenvalue weighted by Gasteiger charge is -2.49. The number of anilines is 1. The highest BCUT2D eigenvalue weighted by Crippen LogP contribution is 2.44. The molecule has 0 spiro atoms. The molecule has 2 N–H and O–H groups in total. The summed E-state index contributed by atoms with van der Waals surface area (Å²) in [5.41, 5.74) is 1.52. The number of benzene rings is 1. The molecule has 3 heteroatoms. The summed E-state index contributed by atoms with van der Waals surface area (Å²) in [6.07, 6.45) is 9.91. The molecule has 3 atom stereocenters. The number of nitrogens with zero attached hydrogens (tertiary/aromatic N) is 1. The van der Waals surface area contributed by atoms with Gasteiger partial charge in [-0.3, -0.25) is 4.98 Å². The molecule has 0 aliphatic heterocycles. The quantitative estimate of drug-likeness (QED) is 0.876. The van der Waals surface area contributed by atoms with Crippen molar-refractivity contribution in [3.63, 3.8) is 0 Å². The maximum Gasteiger partial charge on any atom is 0.0875 e. The normalized spacial score (nSPS) is 31.7. The zero-order valence-corrected chi connectivity index (χ0v) is 13.0. The van der Waals surface area contributed by atoms with Crippen molar-refractivity contribution in [1.29, 1.82) is 0 Å². The number of aromatic nitrogens is 1. The monoisotopic (exact) mass is 296 g/mol. The Morgan fingerprint density at radius 3 is 2.91 bits per heavy atom. The van der Waals surface area contributed by atoms with E-state index in [0.29, 0.717) is 5.92 Å². The number of aliphatic hydroxyl groups is 1. The summed E-state index contributed by atoms with van der Waals surface area (Å²) < 4.78 is 0. The van der Waals surface area contributed by atoms with Crippen LogP contribution in [0.15, 0.2) is 36.5 Å². The van der Waals surface area contributed by atoms with Gasteiger partial charge in [0.25, 0.3) is 0 Å². The number of fused-ring (bicyclic) bond motifs is 2. The molecule has 2 aromatic rings. The highest BCUT2D eigenvalue weighted by Gasteiger charge is 2.47. The van der Waals surface area contributed by atoms with Gasteiger partial charge in [0.05, 0.1) is 29.0 Å². The summed E-state index contributed by atoms with van der Waals surface area (Å²) in [7, 11) is 0. The minimum absolute atomic E-state index is 0.162. The Balaban J connectivity index is 1.60. The van der Waals surface area contributed by atoms with Crippen molar-refractivity contribution < 1.29 is 5.11 Å². The van der Waals surface area contributed by atoms with Crippen LogP contribution in [0.1, 0.15) is 44.9 Å². The fourth-order valence-electron chi connectivity index (χ4n) is 4.47. The number of rotatable bonds is 2. The largest absolute Gasteiger partial charge is 0.387 e. The first-order valence-electron chi connectivity index (χ1n) is 8.59. The maximum absolute atomic E-state index is 11.2. The van der Waals surface area contributed by atoms with Crippen LogP contribution in [0.4, 0.5) is 5.69 Å². The third-order valence-electron chi connectivity index (χ3n) is 5.67. The van der Waals surface area contributed by atoms with Crippen LogP contribution in [0.25, 0.3) is 10.9 Å². The van der Waals surface area contributed by atoms with E-state index in [2.05, 4.69) is 22.4 Å². The number of hydrogen-bond donors (Lipinski definition) is 2. The van der Waals surface area contributed by atoms with Gasteiger partial charge < -0.3 is 10.4 Å². The SMILES string of the molecule is OC12CCCC[C@@H]1CCC[C@H]2Nc1cnc2ccccc2c1. The average molecular weight is 296 g/mol. The summed E-state index contributed by atoms with van der Waals surface area (Å²) in [5, 5.41) is 16.0. The smallest absolute Gasteiger partial charge is 0.0875 e.